The maximum absolute atomic E-state index is 14.2. The van der Waals surface area contributed by atoms with Crippen molar-refractivity contribution in [3.05, 3.63) is 88.3 Å². The summed E-state index contributed by atoms with van der Waals surface area (Å²) in [5.41, 5.74) is 1.03. The quantitative estimate of drug-likeness (QED) is 0.500. The first kappa shape index (κ1) is 21.1. The van der Waals surface area contributed by atoms with Crippen molar-refractivity contribution >= 4 is 22.6 Å². The van der Waals surface area contributed by atoms with Gasteiger partial charge in [0.1, 0.15) is 11.6 Å². The molecule has 7 heteroatoms. The van der Waals surface area contributed by atoms with Gasteiger partial charge >= 0.3 is 0 Å². The second kappa shape index (κ2) is 8.55. The molecule has 1 N–H and O–H groups in total. The van der Waals surface area contributed by atoms with Gasteiger partial charge in [0, 0.05) is 12.4 Å². The first-order valence-electron chi connectivity index (χ1n) is 9.86. The molecule has 6 nitrogen and oxygen atoms in total. The van der Waals surface area contributed by atoms with Gasteiger partial charge in [0.15, 0.2) is 16.9 Å². The topological polar surface area (TPSA) is 69.6 Å². The van der Waals surface area contributed by atoms with E-state index in [0.29, 0.717) is 28.0 Å². The van der Waals surface area contributed by atoms with Gasteiger partial charge in [0.05, 0.1) is 30.9 Å². The molecular formula is C25H21FN2O4. The van der Waals surface area contributed by atoms with Crippen LogP contribution in [0.25, 0.3) is 22.0 Å². The highest BCUT2D eigenvalue weighted by Gasteiger charge is 2.21. The van der Waals surface area contributed by atoms with Gasteiger partial charge in [0.25, 0.3) is 5.91 Å². The Morgan fingerprint density at radius 3 is 2.34 bits per heavy atom. The van der Waals surface area contributed by atoms with Crippen LogP contribution < -0.4 is 20.2 Å². The number of nitrogens with one attached hydrogen (secondary N) is 1. The summed E-state index contributed by atoms with van der Waals surface area (Å²) in [6.45, 7) is 0. The molecule has 1 heterocycles. The molecule has 1 aromatic heterocycles. The third-order valence-electron chi connectivity index (χ3n) is 5.33. The normalized spacial score (nSPS) is 10.8. The van der Waals surface area contributed by atoms with Gasteiger partial charge in [-0.25, -0.2) is 4.39 Å². The molecule has 0 bridgehead atoms. The standard InChI is InChI=1S/C25H21FN2O4/c1-28-19-11-7-5-9-17(19)23(29)22(15-12-13-20(31-2)21(14-15)32-3)24(28)27-25(30)16-8-4-6-10-18(16)26/h4-14H,1-3H3,(H,27,30). The minimum absolute atomic E-state index is 0.119. The van der Waals surface area contributed by atoms with E-state index in [1.807, 2.05) is 0 Å². The van der Waals surface area contributed by atoms with Crippen LogP contribution >= 0.6 is 0 Å². The molecule has 0 fully saturated rings. The van der Waals surface area contributed by atoms with E-state index in [0.717, 1.165) is 0 Å². The number of aromatic nitrogens is 1. The van der Waals surface area contributed by atoms with Gasteiger partial charge in [-0.3, -0.25) is 9.59 Å². The predicted octanol–water partition coefficient (Wildman–Crippen LogP) is 4.61. The van der Waals surface area contributed by atoms with E-state index < -0.39 is 11.7 Å². The zero-order chi connectivity index (χ0) is 22.8. The summed E-state index contributed by atoms with van der Waals surface area (Å²) < 4.78 is 26.6. The van der Waals surface area contributed by atoms with Crippen LogP contribution in [0.1, 0.15) is 10.4 Å². The number of fused-ring (bicyclic) bond motifs is 1. The smallest absolute Gasteiger partial charge is 0.259 e. The van der Waals surface area contributed by atoms with Crippen LogP contribution in [0, 0.1) is 5.82 Å². The van der Waals surface area contributed by atoms with Crippen molar-refractivity contribution in [2.75, 3.05) is 19.5 Å². The van der Waals surface area contributed by atoms with Crippen molar-refractivity contribution in [1.82, 2.24) is 4.57 Å². The summed E-state index contributed by atoms with van der Waals surface area (Å²) in [5, 5.41) is 3.23. The Morgan fingerprint density at radius 2 is 1.62 bits per heavy atom. The van der Waals surface area contributed by atoms with Crippen molar-refractivity contribution in [3.8, 4) is 22.6 Å². The molecule has 32 heavy (non-hydrogen) atoms. The average molecular weight is 432 g/mol. The molecule has 162 valence electrons. The summed E-state index contributed by atoms with van der Waals surface area (Å²) in [7, 11) is 4.76. The Kier molecular flexibility index (Phi) is 5.64. The zero-order valence-corrected chi connectivity index (χ0v) is 17.8. The van der Waals surface area contributed by atoms with Gasteiger partial charge in [-0.2, -0.15) is 0 Å². The highest BCUT2D eigenvalue weighted by atomic mass is 19.1. The lowest BCUT2D eigenvalue weighted by Gasteiger charge is -2.19. The monoisotopic (exact) mass is 432 g/mol. The molecule has 4 aromatic rings. The molecule has 0 aliphatic heterocycles. The van der Waals surface area contributed by atoms with E-state index in [4.69, 9.17) is 9.47 Å². The highest BCUT2D eigenvalue weighted by molar-refractivity contribution is 6.07. The molecule has 3 aromatic carbocycles. The Hall–Kier alpha value is -4.13. The van der Waals surface area contributed by atoms with E-state index >= 15 is 0 Å². The number of ether oxygens (including phenoxy) is 2. The number of hydrogen-bond acceptors (Lipinski definition) is 4. The van der Waals surface area contributed by atoms with E-state index in [9.17, 15) is 14.0 Å². The van der Waals surface area contributed by atoms with Crippen LogP contribution in [-0.2, 0) is 7.05 Å². The lowest BCUT2D eigenvalue weighted by molar-refractivity contribution is 0.102. The Balaban J connectivity index is 1.98. The van der Waals surface area contributed by atoms with E-state index in [1.54, 1.807) is 60.1 Å². The molecule has 0 saturated carbocycles. The number of carbonyl (C=O) groups is 1. The molecule has 1 amide bonds. The zero-order valence-electron chi connectivity index (χ0n) is 17.8. The molecule has 0 aliphatic carbocycles. The lowest BCUT2D eigenvalue weighted by Crippen LogP contribution is -2.22. The summed E-state index contributed by atoms with van der Waals surface area (Å²) in [6.07, 6.45) is 0. The third-order valence-corrected chi connectivity index (χ3v) is 5.33. The molecule has 0 radical (unpaired) electrons. The number of rotatable bonds is 5. The molecule has 0 atom stereocenters. The minimum atomic E-state index is -0.657. The molecule has 0 aliphatic rings. The van der Waals surface area contributed by atoms with Crippen LogP contribution in [0.2, 0.25) is 0 Å². The van der Waals surface area contributed by atoms with Gasteiger partial charge < -0.3 is 19.4 Å². The van der Waals surface area contributed by atoms with Crippen molar-refractivity contribution in [1.29, 1.82) is 0 Å². The molecule has 0 unspecified atom stereocenters. The number of pyridine rings is 1. The van der Waals surface area contributed by atoms with E-state index in [1.165, 1.54) is 32.4 Å². The summed E-state index contributed by atoms with van der Waals surface area (Å²) in [5.74, 6) is -0.120. The Morgan fingerprint density at radius 1 is 0.938 bits per heavy atom. The Labute approximate surface area is 183 Å². The maximum atomic E-state index is 14.2. The Bertz CT molecular complexity index is 1390. The summed E-state index contributed by atoms with van der Waals surface area (Å²) in [6, 6.07) is 17.8. The number of hydrogen-bond donors (Lipinski definition) is 1. The van der Waals surface area contributed by atoms with E-state index in [2.05, 4.69) is 5.32 Å². The van der Waals surface area contributed by atoms with Gasteiger partial charge in [-0.1, -0.05) is 30.3 Å². The van der Waals surface area contributed by atoms with Crippen LogP contribution in [0.3, 0.4) is 0 Å². The molecular weight excluding hydrogens is 411 g/mol. The molecule has 0 spiro atoms. The highest BCUT2D eigenvalue weighted by Crippen LogP contribution is 2.35. The summed E-state index contributed by atoms with van der Waals surface area (Å²) in [4.78, 5) is 26.5. The van der Waals surface area contributed by atoms with Gasteiger partial charge in [0.2, 0.25) is 0 Å². The molecule has 4 rings (SSSR count). The fraction of sp³-hybridized carbons (Fsp3) is 0.120. The van der Waals surface area contributed by atoms with Crippen LogP contribution in [0.15, 0.2) is 71.5 Å². The minimum Gasteiger partial charge on any atom is -0.493 e. The third kappa shape index (κ3) is 3.58. The van der Waals surface area contributed by atoms with Crippen LogP contribution in [-0.4, -0.2) is 24.7 Å². The number of para-hydroxylation sites is 1. The number of nitrogens with zero attached hydrogens (tertiary/aromatic N) is 1. The first-order valence-corrected chi connectivity index (χ1v) is 9.86. The van der Waals surface area contributed by atoms with Crippen molar-refractivity contribution in [2.45, 2.75) is 0 Å². The van der Waals surface area contributed by atoms with Gasteiger partial charge in [-0.15, -0.1) is 0 Å². The maximum Gasteiger partial charge on any atom is 0.259 e. The van der Waals surface area contributed by atoms with Crippen molar-refractivity contribution < 1.29 is 18.7 Å². The largest absolute Gasteiger partial charge is 0.493 e. The number of benzene rings is 3. The van der Waals surface area contributed by atoms with Crippen molar-refractivity contribution in [3.63, 3.8) is 0 Å². The second-order valence-corrected chi connectivity index (χ2v) is 7.13. The average Bonchev–Trinajstić information content (AvgIpc) is 2.82. The SMILES string of the molecule is COc1ccc(-c2c(NC(=O)c3ccccc3F)n(C)c3ccccc3c2=O)cc1OC. The van der Waals surface area contributed by atoms with Gasteiger partial charge in [-0.05, 0) is 42.0 Å². The first-order chi connectivity index (χ1) is 15.5. The number of methoxy groups -OCH3 is 2. The van der Waals surface area contributed by atoms with E-state index in [-0.39, 0.29) is 22.4 Å². The number of amides is 1. The second-order valence-electron chi connectivity index (χ2n) is 7.13. The number of carbonyl (C=O) groups excluding carboxylic acids is 1. The van der Waals surface area contributed by atoms with Crippen LogP contribution in [0.5, 0.6) is 11.5 Å². The summed E-state index contributed by atoms with van der Waals surface area (Å²) >= 11 is 0. The number of halogens is 1. The fourth-order valence-electron chi connectivity index (χ4n) is 3.71. The number of aryl methyl sites for hydroxylation is 1. The van der Waals surface area contributed by atoms with Crippen molar-refractivity contribution in [2.24, 2.45) is 7.05 Å². The van der Waals surface area contributed by atoms with Crippen LogP contribution in [0.4, 0.5) is 10.2 Å². The molecule has 0 saturated heterocycles. The number of anilines is 1. The predicted molar refractivity (Wildman–Crippen MR) is 122 cm³/mol. The lowest BCUT2D eigenvalue weighted by atomic mass is 10.0. The fourth-order valence-corrected chi connectivity index (χ4v) is 3.71.